The van der Waals surface area contributed by atoms with Crippen LogP contribution in [-0.2, 0) is 7.05 Å². The summed E-state index contributed by atoms with van der Waals surface area (Å²) < 4.78 is 12.4. The largest absolute Gasteiger partial charge is 0.497 e. The first-order chi connectivity index (χ1) is 8.65. The van der Waals surface area contributed by atoms with Crippen LogP contribution in [0.15, 0.2) is 30.3 Å². The zero-order valence-corrected chi connectivity index (χ0v) is 10.2. The quantitative estimate of drug-likeness (QED) is 0.897. The number of rotatable bonds is 3. The number of hydrogen-bond donors (Lipinski definition) is 1. The van der Waals surface area contributed by atoms with Gasteiger partial charge in [-0.1, -0.05) is 6.07 Å². The molecule has 0 unspecified atom stereocenters. The van der Waals surface area contributed by atoms with Crippen molar-refractivity contribution in [1.82, 2.24) is 4.57 Å². The number of nitriles is 1. The predicted molar refractivity (Wildman–Crippen MR) is 67.6 cm³/mol. The van der Waals surface area contributed by atoms with E-state index < -0.39 is 0 Å². The molecule has 0 aliphatic heterocycles. The summed E-state index contributed by atoms with van der Waals surface area (Å²) in [4.78, 5) is 0. The summed E-state index contributed by atoms with van der Waals surface area (Å²) in [7, 11) is 3.31. The molecular weight excluding hydrogens is 230 g/mol. The topological polar surface area (TPSA) is 73.2 Å². The summed E-state index contributed by atoms with van der Waals surface area (Å²) in [5, 5.41) is 8.90. The van der Waals surface area contributed by atoms with Crippen molar-refractivity contribution >= 4 is 5.69 Å². The van der Waals surface area contributed by atoms with Gasteiger partial charge < -0.3 is 19.8 Å². The van der Waals surface area contributed by atoms with Crippen LogP contribution in [-0.4, -0.2) is 11.7 Å². The lowest BCUT2D eigenvalue weighted by molar-refractivity contribution is 0.405. The smallest absolute Gasteiger partial charge is 0.224 e. The zero-order valence-electron chi connectivity index (χ0n) is 10.2. The van der Waals surface area contributed by atoms with Crippen molar-refractivity contribution < 1.29 is 9.47 Å². The van der Waals surface area contributed by atoms with E-state index in [1.807, 2.05) is 18.2 Å². The van der Waals surface area contributed by atoms with Gasteiger partial charge in [-0.3, -0.25) is 0 Å². The van der Waals surface area contributed by atoms with Crippen LogP contribution in [0.25, 0.3) is 0 Å². The fraction of sp³-hybridized carbons (Fsp3) is 0.154. The van der Waals surface area contributed by atoms with E-state index in [2.05, 4.69) is 0 Å². The number of nitrogen functional groups attached to an aromatic ring is 1. The Kier molecular flexibility index (Phi) is 3.11. The van der Waals surface area contributed by atoms with Gasteiger partial charge in [-0.05, 0) is 12.1 Å². The highest BCUT2D eigenvalue weighted by Crippen LogP contribution is 2.31. The second-order valence-electron chi connectivity index (χ2n) is 3.74. The van der Waals surface area contributed by atoms with E-state index in [9.17, 15) is 0 Å². The molecule has 0 aliphatic rings. The van der Waals surface area contributed by atoms with E-state index in [1.165, 1.54) is 0 Å². The van der Waals surface area contributed by atoms with Crippen LogP contribution >= 0.6 is 0 Å². The van der Waals surface area contributed by atoms with Gasteiger partial charge in [0, 0.05) is 19.2 Å². The minimum Gasteiger partial charge on any atom is -0.497 e. The molecule has 0 aliphatic carbocycles. The van der Waals surface area contributed by atoms with Gasteiger partial charge in [-0.15, -0.1) is 0 Å². The van der Waals surface area contributed by atoms with E-state index in [4.69, 9.17) is 20.5 Å². The lowest BCUT2D eigenvalue weighted by Crippen LogP contribution is -1.97. The normalized spacial score (nSPS) is 9.83. The number of nitrogens with two attached hydrogens (primary N) is 1. The third-order valence-corrected chi connectivity index (χ3v) is 2.58. The van der Waals surface area contributed by atoms with Crippen LogP contribution < -0.4 is 15.2 Å². The highest BCUT2D eigenvalue weighted by molar-refractivity contribution is 5.56. The molecule has 1 aromatic heterocycles. The molecule has 0 bridgehead atoms. The van der Waals surface area contributed by atoms with Gasteiger partial charge in [-0.25, -0.2) is 0 Å². The molecule has 0 saturated carbocycles. The molecule has 0 spiro atoms. The van der Waals surface area contributed by atoms with Gasteiger partial charge in [-0.2, -0.15) is 5.26 Å². The fourth-order valence-corrected chi connectivity index (χ4v) is 1.62. The number of methoxy groups -OCH3 is 1. The number of hydrogen-bond acceptors (Lipinski definition) is 4. The van der Waals surface area contributed by atoms with Gasteiger partial charge in [0.15, 0.2) is 0 Å². The molecule has 5 nitrogen and oxygen atoms in total. The van der Waals surface area contributed by atoms with E-state index in [0.29, 0.717) is 28.8 Å². The number of anilines is 1. The fourth-order valence-electron chi connectivity index (χ4n) is 1.62. The second-order valence-corrected chi connectivity index (χ2v) is 3.74. The van der Waals surface area contributed by atoms with Crippen molar-refractivity contribution in [1.29, 1.82) is 5.26 Å². The third-order valence-electron chi connectivity index (χ3n) is 2.58. The average Bonchev–Trinajstić information content (AvgIpc) is 2.66. The Morgan fingerprint density at radius 2 is 2.00 bits per heavy atom. The van der Waals surface area contributed by atoms with Crippen LogP contribution in [0.4, 0.5) is 5.69 Å². The molecule has 2 rings (SSSR count). The predicted octanol–water partition coefficient (Wildman–Crippen LogP) is 2.28. The summed E-state index contributed by atoms with van der Waals surface area (Å²) in [5.41, 5.74) is 6.69. The highest BCUT2D eigenvalue weighted by Gasteiger charge is 2.12. The van der Waals surface area contributed by atoms with Crippen molar-refractivity contribution in [2.45, 2.75) is 0 Å². The first-order valence-electron chi connectivity index (χ1n) is 5.33. The van der Waals surface area contributed by atoms with Crippen LogP contribution in [0.5, 0.6) is 17.4 Å². The van der Waals surface area contributed by atoms with Crippen molar-refractivity contribution in [3.63, 3.8) is 0 Å². The Morgan fingerprint density at radius 1 is 1.28 bits per heavy atom. The monoisotopic (exact) mass is 243 g/mol. The molecule has 5 heteroatoms. The number of aromatic nitrogens is 1. The van der Waals surface area contributed by atoms with Crippen molar-refractivity contribution in [3.8, 4) is 23.4 Å². The molecule has 1 heterocycles. The molecule has 0 fully saturated rings. The maximum absolute atomic E-state index is 8.90. The maximum atomic E-state index is 8.90. The number of benzene rings is 1. The minimum atomic E-state index is 0.428. The molecular formula is C13H13N3O2. The van der Waals surface area contributed by atoms with Crippen LogP contribution in [0.3, 0.4) is 0 Å². The van der Waals surface area contributed by atoms with Gasteiger partial charge in [0.1, 0.15) is 23.3 Å². The molecule has 0 radical (unpaired) electrons. The third kappa shape index (κ3) is 2.09. The first kappa shape index (κ1) is 11.9. The van der Waals surface area contributed by atoms with Gasteiger partial charge >= 0.3 is 0 Å². The van der Waals surface area contributed by atoms with Crippen molar-refractivity contribution in [2.24, 2.45) is 7.05 Å². The molecule has 1 aromatic carbocycles. The molecule has 2 aromatic rings. The summed E-state index contributed by atoms with van der Waals surface area (Å²) in [6, 6.07) is 10.8. The molecule has 0 amide bonds. The number of ether oxygens (including phenoxy) is 2. The van der Waals surface area contributed by atoms with Crippen molar-refractivity contribution in [2.75, 3.05) is 12.8 Å². The van der Waals surface area contributed by atoms with Crippen LogP contribution in [0, 0.1) is 11.3 Å². The van der Waals surface area contributed by atoms with E-state index in [0.717, 1.165) is 0 Å². The van der Waals surface area contributed by atoms with Gasteiger partial charge in [0.05, 0.1) is 12.8 Å². The van der Waals surface area contributed by atoms with Crippen LogP contribution in [0.1, 0.15) is 5.69 Å². The summed E-state index contributed by atoms with van der Waals surface area (Å²) in [6.07, 6.45) is 0. The SMILES string of the molecule is COc1cccc(Oc2c(N)cc(C#N)n2C)c1. The molecule has 0 atom stereocenters. The lowest BCUT2D eigenvalue weighted by Gasteiger charge is -2.09. The molecule has 0 saturated heterocycles. The lowest BCUT2D eigenvalue weighted by atomic mass is 10.3. The van der Waals surface area contributed by atoms with Gasteiger partial charge in [0.2, 0.25) is 5.88 Å². The standard InChI is InChI=1S/C13H13N3O2/c1-16-9(8-14)6-12(15)13(16)18-11-5-3-4-10(7-11)17-2/h3-7H,15H2,1-2H3. The Morgan fingerprint density at radius 3 is 2.61 bits per heavy atom. The zero-order chi connectivity index (χ0) is 13.1. The maximum Gasteiger partial charge on any atom is 0.224 e. The van der Waals surface area contributed by atoms with Gasteiger partial charge in [0.25, 0.3) is 0 Å². The van der Waals surface area contributed by atoms with E-state index >= 15 is 0 Å². The summed E-state index contributed by atoms with van der Waals surface area (Å²) in [5.74, 6) is 1.74. The first-order valence-corrected chi connectivity index (χ1v) is 5.33. The minimum absolute atomic E-state index is 0.428. The Balaban J connectivity index is 2.34. The molecule has 18 heavy (non-hydrogen) atoms. The number of nitrogens with zero attached hydrogens (tertiary/aromatic N) is 2. The highest BCUT2D eigenvalue weighted by atomic mass is 16.5. The molecule has 2 N–H and O–H groups in total. The second kappa shape index (κ2) is 4.72. The summed E-state index contributed by atoms with van der Waals surface area (Å²) in [6.45, 7) is 0. The Labute approximate surface area is 105 Å². The summed E-state index contributed by atoms with van der Waals surface area (Å²) >= 11 is 0. The molecule has 92 valence electrons. The van der Waals surface area contributed by atoms with Crippen molar-refractivity contribution in [3.05, 3.63) is 36.0 Å². The Bertz CT molecular complexity index is 611. The van der Waals surface area contributed by atoms with Crippen LogP contribution in [0.2, 0.25) is 0 Å². The van der Waals surface area contributed by atoms with E-state index in [1.54, 1.807) is 36.9 Å². The Hall–Kier alpha value is -2.61. The average molecular weight is 243 g/mol. The van der Waals surface area contributed by atoms with E-state index in [-0.39, 0.29) is 0 Å².